The minimum absolute atomic E-state index is 0.165. The Morgan fingerprint density at radius 1 is 1.00 bits per heavy atom. The first-order valence-electron chi connectivity index (χ1n) is 6.06. The molecule has 0 fully saturated rings. The molecule has 0 heterocycles. The van der Waals surface area contributed by atoms with Crippen LogP contribution in [0.4, 0.5) is 0 Å². The van der Waals surface area contributed by atoms with Crippen molar-refractivity contribution in [1.82, 2.24) is 0 Å². The summed E-state index contributed by atoms with van der Waals surface area (Å²) in [6.45, 7) is 1.94. The summed E-state index contributed by atoms with van der Waals surface area (Å²) in [5.74, 6) is -0.165. The van der Waals surface area contributed by atoms with Gasteiger partial charge in [-0.2, -0.15) is 0 Å². The van der Waals surface area contributed by atoms with Gasteiger partial charge in [-0.25, -0.2) is 0 Å². The molecule has 0 aromatic heterocycles. The van der Waals surface area contributed by atoms with Gasteiger partial charge in [0.2, 0.25) is 0 Å². The number of carbonyl (C=O) groups is 2. The highest BCUT2D eigenvalue weighted by atomic mass is 35.5. The van der Waals surface area contributed by atoms with E-state index in [2.05, 4.69) is 0 Å². The number of hydrogen-bond donors (Lipinski definition) is 0. The van der Waals surface area contributed by atoms with Crippen LogP contribution in [0.3, 0.4) is 0 Å². The Hall–Kier alpha value is -1.93. The van der Waals surface area contributed by atoms with Crippen LogP contribution in [-0.2, 0) is 6.42 Å². The highest BCUT2D eigenvalue weighted by molar-refractivity contribution is 6.68. The second-order valence-electron chi connectivity index (χ2n) is 4.16. The molecule has 96 valence electrons. The van der Waals surface area contributed by atoms with Crippen molar-refractivity contribution in [2.45, 2.75) is 13.3 Å². The standard InChI is InChI=1S/C16H13ClO2/c1-2-11-9-6-10-13(16(17)19)14(11)15(18)12-7-4-3-5-8-12/h3-10H,2H2,1H3. The zero-order valence-corrected chi connectivity index (χ0v) is 11.3. The Morgan fingerprint density at radius 2 is 1.68 bits per heavy atom. The van der Waals surface area contributed by atoms with Gasteiger partial charge in [-0.05, 0) is 29.7 Å². The zero-order chi connectivity index (χ0) is 13.8. The normalized spacial score (nSPS) is 10.2. The van der Waals surface area contributed by atoms with Gasteiger partial charge in [-0.15, -0.1) is 0 Å². The predicted octanol–water partition coefficient (Wildman–Crippen LogP) is 3.86. The average molecular weight is 273 g/mol. The van der Waals surface area contributed by atoms with Crippen molar-refractivity contribution in [3.63, 3.8) is 0 Å². The van der Waals surface area contributed by atoms with E-state index in [1.165, 1.54) is 0 Å². The predicted molar refractivity (Wildman–Crippen MR) is 75.9 cm³/mol. The maximum atomic E-state index is 12.5. The quantitative estimate of drug-likeness (QED) is 0.626. The van der Waals surface area contributed by atoms with Gasteiger partial charge in [0.05, 0.1) is 0 Å². The Balaban J connectivity index is 2.61. The molecule has 0 N–H and O–H groups in total. The molecular formula is C16H13ClO2. The average Bonchev–Trinajstić information content (AvgIpc) is 2.46. The molecule has 0 saturated heterocycles. The molecule has 0 saturated carbocycles. The van der Waals surface area contributed by atoms with E-state index in [0.29, 0.717) is 17.5 Å². The lowest BCUT2D eigenvalue weighted by Crippen LogP contribution is -2.10. The summed E-state index contributed by atoms with van der Waals surface area (Å²) in [7, 11) is 0. The number of benzene rings is 2. The molecule has 0 bridgehead atoms. The van der Waals surface area contributed by atoms with Gasteiger partial charge in [0.1, 0.15) is 0 Å². The van der Waals surface area contributed by atoms with Crippen molar-refractivity contribution in [3.05, 3.63) is 70.8 Å². The molecule has 0 unspecified atom stereocenters. The van der Waals surface area contributed by atoms with Crippen LogP contribution in [0.25, 0.3) is 0 Å². The zero-order valence-electron chi connectivity index (χ0n) is 10.5. The van der Waals surface area contributed by atoms with Crippen molar-refractivity contribution in [2.24, 2.45) is 0 Å². The van der Waals surface area contributed by atoms with E-state index < -0.39 is 5.24 Å². The maximum absolute atomic E-state index is 12.5. The van der Waals surface area contributed by atoms with Crippen LogP contribution in [0, 0.1) is 0 Å². The first-order chi connectivity index (χ1) is 9.15. The van der Waals surface area contributed by atoms with E-state index >= 15 is 0 Å². The van der Waals surface area contributed by atoms with Crippen LogP contribution >= 0.6 is 11.6 Å². The van der Waals surface area contributed by atoms with Gasteiger partial charge < -0.3 is 0 Å². The Kier molecular flexibility index (Phi) is 4.13. The summed E-state index contributed by atoms with van der Waals surface area (Å²) in [5, 5.41) is -0.602. The first-order valence-corrected chi connectivity index (χ1v) is 6.44. The van der Waals surface area contributed by atoms with Gasteiger partial charge in [0, 0.05) is 16.7 Å². The monoisotopic (exact) mass is 272 g/mol. The lowest BCUT2D eigenvalue weighted by molar-refractivity contribution is 0.102. The van der Waals surface area contributed by atoms with E-state index in [9.17, 15) is 9.59 Å². The van der Waals surface area contributed by atoms with E-state index in [1.807, 2.05) is 19.1 Å². The summed E-state index contributed by atoms with van der Waals surface area (Å²) >= 11 is 5.58. The molecule has 2 aromatic rings. The third-order valence-corrected chi connectivity index (χ3v) is 3.21. The number of halogens is 1. The molecule has 0 aliphatic heterocycles. The van der Waals surface area contributed by atoms with Crippen molar-refractivity contribution in [1.29, 1.82) is 0 Å². The van der Waals surface area contributed by atoms with Crippen LogP contribution in [0.1, 0.15) is 38.8 Å². The fourth-order valence-electron chi connectivity index (χ4n) is 2.06. The Bertz CT molecular complexity index is 618. The maximum Gasteiger partial charge on any atom is 0.253 e. The van der Waals surface area contributed by atoms with Crippen LogP contribution in [0.2, 0.25) is 0 Å². The lowest BCUT2D eigenvalue weighted by Gasteiger charge is -2.10. The minimum Gasteiger partial charge on any atom is -0.289 e. The molecule has 0 amide bonds. The Morgan fingerprint density at radius 3 is 2.26 bits per heavy atom. The van der Waals surface area contributed by atoms with Crippen LogP contribution in [0.5, 0.6) is 0 Å². The minimum atomic E-state index is -0.602. The molecule has 0 spiro atoms. The molecule has 0 atom stereocenters. The molecule has 0 aliphatic rings. The van der Waals surface area contributed by atoms with Crippen LogP contribution < -0.4 is 0 Å². The van der Waals surface area contributed by atoms with E-state index in [0.717, 1.165) is 5.56 Å². The summed E-state index contributed by atoms with van der Waals surface area (Å²) in [4.78, 5) is 24.0. The summed E-state index contributed by atoms with van der Waals surface area (Å²) < 4.78 is 0. The van der Waals surface area contributed by atoms with Gasteiger partial charge in [0.25, 0.3) is 5.24 Å². The number of ketones is 1. The molecule has 2 nitrogen and oxygen atoms in total. The number of hydrogen-bond acceptors (Lipinski definition) is 2. The third-order valence-electron chi connectivity index (χ3n) is 3.01. The molecule has 19 heavy (non-hydrogen) atoms. The lowest BCUT2D eigenvalue weighted by atomic mass is 9.93. The smallest absolute Gasteiger partial charge is 0.253 e. The number of aryl methyl sites for hydroxylation is 1. The highest BCUT2D eigenvalue weighted by Gasteiger charge is 2.19. The highest BCUT2D eigenvalue weighted by Crippen LogP contribution is 2.21. The molecule has 3 heteroatoms. The molecule has 2 aromatic carbocycles. The van der Waals surface area contributed by atoms with Gasteiger partial charge >= 0.3 is 0 Å². The van der Waals surface area contributed by atoms with E-state index in [1.54, 1.807) is 36.4 Å². The SMILES string of the molecule is CCc1cccc(C(=O)Cl)c1C(=O)c1ccccc1. The van der Waals surface area contributed by atoms with Crippen molar-refractivity contribution < 1.29 is 9.59 Å². The third kappa shape index (κ3) is 2.74. The molecular weight excluding hydrogens is 260 g/mol. The fourth-order valence-corrected chi connectivity index (χ4v) is 2.22. The molecule has 2 rings (SSSR count). The van der Waals surface area contributed by atoms with Crippen molar-refractivity contribution in [3.8, 4) is 0 Å². The first kappa shape index (κ1) is 13.5. The van der Waals surface area contributed by atoms with Crippen LogP contribution in [-0.4, -0.2) is 11.0 Å². The van der Waals surface area contributed by atoms with Crippen molar-refractivity contribution in [2.75, 3.05) is 0 Å². The summed E-state index contributed by atoms with van der Waals surface area (Å²) in [6.07, 6.45) is 0.673. The summed E-state index contributed by atoms with van der Waals surface area (Å²) in [5.41, 5.74) is 2.08. The second kappa shape index (κ2) is 5.81. The second-order valence-corrected chi connectivity index (χ2v) is 4.51. The topological polar surface area (TPSA) is 34.1 Å². The molecule has 0 radical (unpaired) electrons. The van der Waals surface area contributed by atoms with Gasteiger partial charge in [-0.3, -0.25) is 9.59 Å². The van der Waals surface area contributed by atoms with Crippen LogP contribution in [0.15, 0.2) is 48.5 Å². The summed E-state index contributed by atoms with van der Waals surface area (Å²) in [6, 6.07) is 14.1. The van der Waals surface area contributed by atoms with E-state index in [4.69, 9.17) is 11.6 Å². The largest absolute Gasteiger partial charge is 0.289 e. The van der Waals surface area contributed by atoms with Gasteiger partial charge in [-0.1, -0.05) is 49.4 Å². The number of carbonyl (C=O) groups excluding carboxylic acids is 2. The van der Waals surface area contributed by atoms with E-state index in [-0.39, 0.29) is 11.3 Å². The molecule has 0 aliphatic carbocycles. The van der Waals surface area contributed by atoms with Gasteiger partial charge in [0.15, 0.2) is 5.78 Å². The van der Waals surface area contributed by atoms with Crippen molar-refractivity contribution >= 4 is 22.6 Å². The fraction of sp³-hybridized carbons (Fsp3) is 0.125. The number of rotatable bonds is 4. The Labute approximate surface area is 117 Å².